The van der Waals surface area contributed by atoms with Crippen molar-refractivity contribution in [1.82, 2.24) is 0 Å². The Morgan fingerprint density at radius 2 is 2.00 bits per heavy atom. The summed E-state index contributed by atoms with van der Waals surface area (Å²) in [6, 6.07) is 0. The zero-order chi connectivity index (χ0) is 9.11. The summed E-state index contributed by atoms with van der Waals surface area (Å²) in [6.45, 7) is 3.81. The van der Waals surface area contributed by atoms with Gasteiger partial charge in [-0.25, -0.2) is 0 Å². The highest BCUT2D eigenvalue weighted by molar-refractivity contribution is 5.65. The molecule has 0 bridgehead atoms. The zero-order valence-electron chi connectivity index (χ0n) is 7.37. The first-order chi connectivity index (χ1) is 5.18. The monoisotopic (exact) mass is 180 g/mol. The molecule has 0 fully saturated rings. The van der Waals surface area contributed by atoms with E-state index in [2.05, 4.69) is 11.7 Å². The molecule has 0 unspecified atom stereocenters. The fraction of sp³-hybridized carbons (Fsp3) is 0.714. The Morgan fingerprint density at radius 3 is 2.25 bits per heavy atom. The number of unbranched alkanes of at least 4 members (excludes halogenated alkanes) is 1. The van der Waals surface area contributed by atoms with Crippen molar-refractivity contribution in [3.05, 3.63) is 0 Å². The van der Waals surface area contributed by atoms with Crippen molar-refractivity contribution in [3.63, 3.8) is 0 Å². The summed E-state index contributed by atoms with van der Waals surface area (Å²) in [6.07, 6.45) is 2.05. The predicted molar refractivity (Wildman–Crippen MR) is 43.8 cm³/mol. The minimum atomic E-state index is -0.250. The summed E-state index contributed by atoms with van der Waals surface area (Å²) < 4.78 is 4.64. The quantitative estimate of drug-likeness (QED) is 0.382. The number of carbonyl (C=O) groups is 2. The van der Waals surface area contributed by atoms with E-state index in [1.807, 2.05) is 0 Å². The molecule has 0 heterocycles. The van der Waals surface area contributed by atoms with Crippen molar-refractivity contribution in [2.24, 2.45) is 0 Å². The van der Waals surface area contributed by atoms with Gasteiger partial charge in [0, 0.05) is 6.92 Å². The van der Waals surface area contributed by atoms with E-state index in [9.17, 15) is 4.79 Å². The largest absolute Gasteiger partial charge is 0.483 e. The lowest BCUT2D eigenvalue weighted by Gasteiger charge is -1.96. The predicted octanol–water partition coefficient (Wildman–Crippen LogP) is 0.226. The van der Waals surface area contributed by atoms with Crippen LogP contribution < -0.4 is 0 Å². The minimum Gasteiger partial charge on any atom is -0.483 e. The van der Waals surface area contributed by atoms with Crippen LogP contribution >= 0.6 is 0 Å². The molecule has 0 rings (SSSR count). The van der Waals surface area contributed by atoms with Gasteiger partial charge in [-0.05, 0) is 6.42 Å². The van der Waals surface area contributed by atoms with Crippen LogP contribution in [0, 0.1) is 0 Å². The molecule has 0 saturated heterocycles. The number of ether oxygens (including phenoxy) is 1. The normalized spacial score (nSPS) is 6.83. The highest BCUT2D eigenvalue weighted by Gasteiger charge is 1.88. The summed E-state index contributed by atoms with van der Waals surface area (Å²) in [7, 11) is 0. The first kappa shape index (κ1) is 17.1. The number of rotatable bonds is 3. The molecule has 0 aliphatic carbocycles. The third-order valence-electron chi connectivity index (χ3n) is 0.803. The fourth-order valence-electron chi connectivity index (χ4n) is 0.360. The van der Waals surface area contributed by atoms with Crippen LogP contribution in [0.4, 0.5) is 0 Å². The van der Waals surface area contributed by atoms with Gasteiger partial charge in [0.2, 0.25) is 0 Å². The van der Waals surface area contributed by atoms with Gasteiger partial charge >= 0.3 is 5.97 Å². The van der Waals surface area contributed by atoms with Gasteiger partial charge in [0.15, 0.2) is 0 Å². The molecule has 5 heteroatoms. The van der Waals surface area contributed by atoms with Gasteiger partial charge in [-0.15, -0.1) is 0 Å². The molecule has 0 aliphatic heterocycles. The van der Waals surface area contributed by atoms with Crippen molar-refractivity contribution in [1.29, 1.82) is 0 Å². The Hall–Kier alpha value is -1.10. The van der Waals surface area contributed by atoms with Gasteiger partial charge < -0.3 is 15.3 Å². The summed E-state index contributed by atoms with van der Waals surface area (Å²) in [4.78, 5) is 18.5. The van der Waals surface area contributed by atoms with Gasteiger partial charge in [0.25, 0.3) is 6.47 Å². The second-order valence-corrected chi connectivity index (χ2v) is 1.80. The summed E-state index contributed by atoms with van der Waals surface area (Å²) in [5, 5.41) is 6.89. The molecule has 0 atom stereocenters. The Kier molecular flexibility index (Phi) is 23.5. The number of hydrogen-bond acceptors (Lipinski definition) is 3. The van der Waals surface area contributed by atoms with Gasteiger partial charge in [-0.1, -0.05) is 13.3 Å². The summed E-state index contributed by atoms with van der Waals surface area (Å²) in [5.41, 5.74) is 0. The summed E-state index contributed by atoms with van der Waals surface area (Å²) >= 11 is 0. The third kappa shape index (κ3) is 36.5. The number of carboxylic acid groups (broad SMARTS) is 1. The number of esters is 1. The van der Waals surface area contributed by atoms with Crippen LogP contribution in [0.5, 0.6) is 0 Å². The average Bonchev–Trinajstić information content (AvgIpc) is 1.89. The zero-order valence-corrected chi connectivity index (χ0v) is 7.37. The smallest absolute Gasteiger partial charge is 0.302 e. The Labute approximate surface area is 71.6 Å². The first-order valence-corrected chi connectivity index (χ1v) is 3.40. The van der Waals surface area contributed by atoms with Gasteiger partial charge in [0.1, 0.15) is 0 Å². The third-order valence-corrected chi connectivity index (χ3v) is 0.803. The molecule has 0 aliphatic rings. The maximum Gasteiger partial charge on any atom is 0.302 e. The van der Waals surface area contributed by atoms with Crippen LogP contribution in [0.1, 0.15) is 26.7 Å². The summed E-state index contributed by atoms with van der Waals surface area (Å²) in [5.74, 6) is -0.182. The van der Waals surface area contributed by atoms with Crippen LogP contribution in [0.3, 0.4) is 0 Å². The molecular formula is C7H16O5. The van der Waals surface area contributed by atoms with Crippen molar-refractivity contribution < 1.29 is 24.9 Å². The van der Waals surface area contributed by atoms with Crippen molar-refractivity contribution in [3.8, 4) is 0 Å². The lowest BCUT2D eigenvalue weighted by molar-refractivity contribution is -0.141. The van der Waals surface area contributed by atoms with Gasteiger partial charge in [-0.2, -0.15) is 0 Å². The molecule has 0 aromatic carbocycles. The average molecular weight is 180 g/mol. The molecule has 0 amide bonds. The molecule has 74 valence electrons. The van der Waals surface area contributed by atoms with Crippen LogP contribution in [0.25, 0.3) is 0 Å². The maximum atomic E-state index is 10.1. The molecule has 3 N–H and O–H groups in total. The van der Waals surface area contributed by atoms with E-state index in [1.54, 1.807) is 0 Å². The second kappa shape index (κ2) is 16.5. The maximum absolute atomic E-state index is 10.1. The minimum absolute atomic E-state index is 0. The van der Waals surface area contributed by atoms with Crippen LogP contribution in [0.2, 0.25) is 0 Å². The Balaban J connectivity index is -0.000000177. The topological polar surface area (TPSA) is 95.1 Å². The van der Waals surface area contributed by atoms with E-state index in [1.165, 1.54) is 6.92 Å². The molecule has 12 heavy (non-hydrogen) atoms. The molecule has 0 saturated carbocycles. The SMILES string of the molecule is CCCCOC(C)=O.O.O=CO. The molecule has 0 spiro atoms. The first-order valence-electron chi connectivity index (χ1n) is 3.40. The van der Waals surface area contributed by atoms with Crippen LogP contribution in [0.15, 0.2) is 0 Å². The highest BCUT2D eigenvalue weighted by atomic mass is 16.5. The standard InChI is InChI=1S/C6H12O2.CH2O2.H2O/c1-3-4-5-8-6(2)7;2-1-3;/h3-5H2,1-2H3;1H,(H,2,3);1H2. The van der Waals surface area contributed by atoms with E-state index in [4.69, 9.17) is 9.90 Å². The number of hydrogen-bond donors (Lipinski definition) is 1. The second-order valence-electron chi connectivity index (χ2n) is 1.80. The van der Waals surface area contributed by atoms with Crippen molar-refractivity contribution in [2.45, 2.75) is 26.7 Å². The molecule has 0 aromatic heterocycles. The van der Waals surface area contributed by atoms with Crippen LogP contribution in [-0.4, -0.2) is 29.6 Å². The van der Waals surface area contributed by atoms with Gasteiger partial charge in [0.05, 0.1) is 6.61 Å². The lowest BCUT2D eigenvalue weighted by atomic mass is 10.4. The fourth-order valence-corrected chi connectivity index (χ4v) is 0.360. The van der Waals surface area contributed by atoms with E-state index >= 15 is 0 Å². The lowest BCUT2D eigenvalue weighted by Crippen LogP contribution is -1.99. The van der Waals surface area contributed by atoms with E-state index in [-0.39, 0.29) is 17.9 Å². The van der Waals surface area contributed by atoms with E-state index < -0.39 is 0 Å². The number of carbonyl (C=O) groups excluding carboxylic acids is 1. The molecule has 5 nitrogen and oxygen atoms in total. The molecule has 0 aromatic rings. The Bertz CT molecular complexity index is 102. The van der Waals surface area contributed by atoms with Crippen LogP contribution in [-0.2, 0) is 14.3 Å². The molecular weight excluding hydrogens is 164 g/mol. The highest BCUT2D eigenvalue weighted by Crippen LogP contribution is 1.86. The molecule has 0 radical (unpaired) electrons. The van der Waals surface area contributed by atoms with Gasteiger partial charge in [-0.3, -0.25) is 9.59 Å². The van der Waals surface area contributed by atoms with Crippen molar-refractivity contribution in [2.75, 3.05) is 6.61 Å². The van der Waals surface area contributed by atoms with E-state index in [0.29, 0.717) is 6.61 Å². The van der Waals surface area contributed by atoms with E-state index in [0.717, 1.165) is 12.8 Å². The Morgan fingerprint density at radius 1 is 1.58 bits per heavy atom. The van der Waals surface area contributed by atoms with Crippen molar-refractivity contribution >= 4 is 12.4 Å².